The van der Waals surface area contributed by atoms with Crippen LogP contribution >= 0.6 is 0 Å². The van der Waals surface area contributed by atoms with Crippen LogP contribution in [0.3, 0.4) is 0 Å². The Labute approximate surface area is 153 Å². The summed E-state index contributed by atoms with van der Waals surface area (Å²) >= 11 is 0. The molecule has 2 aromatic carbocycles. The summed E-state index contributed by atoms with van der Waals surface area (Å²) < 4.78 is 4.88. The van der Waals surface area contributed by atoms with Crippen molar-refractivity contribution in [3.63, 3.8) is 0 Å². The Morgan fingerprint density at radius 1 is 1.04 bits per heavy atom. The maximum Gasteiger partial charge on any atom is 0.139 e. The van der Waals surface area contributed by atoms with Gasteiger partial charge in [-0.05, 0) is 65.3 Å². The molecule has 0 radical (unpaired) electrons. The first-order chi connectivity index (χ1) is 12.9. The number of likely N-dealkylation sites (tertiary alicyclic amines) is 1. The van der Waals surface area contributed by atoms with E-state index in [9.17, 15) is 0 Å². The van der Waals surface area contributed by atoms with Crippen LogP contribution in [-0.4, -0.2) is 40.4 Å². The number of fused-ring (bicyclic) bond motifs is 2. The molecule has 5 rings (SSSR count). The number of rotatable bonds is 4. The van der Waals surface area contributed by atoms with Gasteiger partial charge in [-0.2, -0.15) is 0 Å². The van der Waals surface area contributed by atoms with E-state index in [0.717, 1.165) is 29.7 Å². The molecular formula is C21H24N4O. The largest absolute Gasteiger partial charge is 0.309 e. The monoisotopic (exact) mass is 348 g/mol. The van der Waals surface area contributed by atoms with Crippen molar-refractivity contribution < 1.29 is 4.63 Å². The van der Waals surface area contributed by atoms with Crippen molar-refractivity contribution in [2.24, 2.45) is 0 Å². The van der Waals surface area contributed by atoms with E-state index < -0.39 is 0 Å². The number of piperidine rings is 1. The van der Waals surface area contributed by atoms with E-state index in [1.165, 1.54) is 43.4 Å². The molecule has 0 unspecified atom stereocenters. The van der Waals surface area contributed by atoms with Crippen LogP contribution in [0.25, 0.3) is 11.0 Å². The molecular weight excluding hydrogens is 324 g/mol. The number of hydrogen-bond donors (Lipinski definition) is 1. The summed E-state index contributed by atoms with van der Waals surface area (Å²) in [5.74, 6) is 0. The summed E-state index contributed by atoms with van der Waals surface area (Å²) in [6.07, 6.45) is 4.91. The first-order valence-electron chi connectivity index (χ1n) is 9.61. The average Bonchev–Trinajstić information content (AvgIpc) is 3.33. The van der Waals surface area contributed by atoms with Crippen LogP contribution < -0.4 is 5.32 Å². The molecule has 1 atom stereocenters. The lowest BCUT2D eigenvalue weighted by Gasteiger charge is -2.37. The van der Waals surface area contributed by atoms with E-state index >= 15 is 0 Å². The van der Waals surface area contributed by atoms with Crippen molar-refractivity contribution in [3.05, 3.63) is 59.2 Å². The number of benzene rings is 2. The first kappa shape index (κ1) is 16.0. The fourth-order valence-corrected chi connectivity index (χ4v) is 4.56. The van der Waals surface area contributed by atoms with Crippen molar-refractivity contribution in [3.8, 4) is 0 Å². The van der Waals surface area contributed by atoms with Crippen molar-refractivity contribution in [1.29, 1.82) is 0 Å². The molecule has 2 heterocycles. The van der Waals surface area contributed by atoms with Gasteiger partial charge in [-0.15, -0.1) is 0 Å². The predicted octanol–water partition coefficient (Wildman–Crippen LogP) is 2.94. The van der Waals surface area contributed by atoms with E-state index in [1.54, 1.807) is 0 Å². The Morgan fingerprint density at radius 3 is 2.73 bits per heavy atom. The Balaban J connectivity index is 1.22. The van der Waals surface area contributed by atoms with Gasteiger partial charge in [0.25, 0.3) is 0 Å². The third-order valence-corrected chi connectivity index (χ3v) is 5.95. The summed E-state index contributed by atoms with van der Waals surface area (Å²) in [7, 11) is 0. The quantitative estimate of drug-likeness (QED) is 0.786. The molecule has 1 aliphatic carbocycles. The lowest BCUT2D eigenvalue weighted by atomic mass is 10.0. The molecule has 134 valence electrons. The fraction of sp³-hybridized carbons (Fsp3) is 0.429. The number of hydrogen-bond acceptors (Lipinski definition) is 5. The van der Waals surface area contributed by atoms with Crippen LogP contribution in [0.4, 0.5) is 0 Å². The van der Waals surface area contributed by atoms with Crippen LogP contribution in [-0.2, 0) is 19.4 Å². The molecule has 1 aromatic heterocycles. The second-order valence-corrected chi connectivity index (χ2v) is 7.59. The summed E-state index contributed by atoms with van der Waals surface area (Å²) in [6.45, 7) is 3.17. The smallest absolute Gasteiger partial charge is 0.139 e. The second kappa shape index (κ2) is 6.82. The maximum absolute atomic E-state index is 4.88. The van der Waals surface area contributed by atoms with Crippen LogP contribution in [0.5, 0.6) is 0 Å². The van der Waals surface area contributed by atoms with Crippen molar-refractivity contribution in [2.45, 2.75) is 44.3 Å². The molecule has 1 saturated heterocycles. The Bertz CT molecular complexity index is 881. The normalized spacial score (nSPS) is 21.3. The van der Waals surface area contributed by atoms with E-state index in [0.29, 0.717) is 12.1 Å². The molecule has 2 aliphatic rings. The maximum atomic E-state index is 4.88. The standard InChI is InChI=1S/C21H24N4O/c1-2-6-16-12-19(11-15(16)5-1)25-10-4-8-18(14-25)22-13-17-7-3-9-20-21(17)24-26-23-20/h1-3,5-7,9,18-19,22H,4,8,10-14H2/t18-/m1/s1. The van der Waals surface area contributed by atoms with E-state index in [-0.39, 0.29) is 0 Å². The van der Waals surface area contributed by atoms with Gasteiger partial charge in [0, 0.05) is 25.2 Å². The van der Waals surface area contributed by atoms with Gasteiger partial charge in [-0.25, -0.2) is 4.63 Å². The molecule has 0 bridgehead atoms. The summed E-state index contributed by atoms with van der Waals surface area (Å²) in [6, 6.07) is 16.2. The molecule has 5 nitrogen and oxygen atoms in total. The average molecular weight is 348 g/mol. The van der Waals surface area contributed by atoms with Gasteiger partial charge in [-0.3, -0.25) is 4.90 Å². The third-order valence-electron chi connectivity index (χ3n) is 5.95. The van der Waals surface area contributed by atoms with Gasteiger partial charge in [-0.1, -0.05) is 36.4 Å². The van der Waals surface area contributed by atoms with Crippen LogP contribution in [0.2, 0.25) is 0 Å². The molecule has 5 heteroatoms. The highest BCUT2D eigenvalue weighted by Crippen LogP contribution is 2.27. The minimum Gasteiger partial charge on any atom is -0.309 e. The highest BCUT2D eigenvalue weighted by molar-refractivity contribution is 5.76. The zero-order chi connectivity index (χ0) is 17.3. The molecule has 0 spiro atoms. The minimum atomic E-state index is 0.530. The predicted molar refractivity (Wildman–Crippen MR) is 101 cm³/mol. The Morgan fingerprint density at radius 2 is 1.88 bits per heavy atom. The van der Waals surface area contributed by atoms with Gasteiger partial charge in [0.05, 0.1) is 0 Å². The molecule has 1 aliphatic heterocycles. The highest BCUT2D eigenvalue weighted by Gasteiger charge is 2.30. The zero-order valence-electron chi connectivity index (χ0n) is 14.9. The summed E-state index contributed by atoms with van der Waals surface area (Å²) in [5, 5.41) is 11.7. The Kier molecular flexibility index (Phi) is 4.19. The first-order valence-corrected chi connectivity index (χ1v) is 9.61. The van der Waals surface area contributed by atoms with Gasteiger partial charge >= 0.3 is 0 Å². The van der Waals surface area contributed by atoms with Gasteiger partial charge in [0.2, 0.25) is 0 Å². The molecule has 26 heavy (non-hydrogen) atoms. The highest BCUT2D eigenvalue weighted by atomic mass is 16.6. The molecule has 0 saturated carbocycles. The van der Waals surface area contributed by atoms with Gasteiger partial charge in [0.15, 0.2) is 0 Å². The second-order valence-electron chi connectivity index (χ2n) is 7.59. The van der Waals surface area contributed by atoms with E-state index in [4.69, 9.17) is 4.63 Å². The molecule has 3 aromatic rings. The summed E-state index contributed by atoms with van der Waals surface area (Å²) in [4.78, 5) is 2.69. The number of aromatic nitrogens is 2. The lowest BCUT2D eigenvalue weighted by molar-refractivity contribution is 0.140. The van der Waals surface area contributed by atoms with Crippen molar-refractivity contribution in [2.75, 3.05) is 13.1 Å². The third kappa shape index (κ3) is 3.02. The van der Waals surface area contributed by atoms with Crippen LogP contribution in [0, 0.1) is 0 Å². The topological polar surface area (TPSA) is 54.2 Å². The van der Waals surface area contributed by atoms with Crippen LogP contribution in [0.1, 0.15) is 29.5 Å². The molecule has 1 N–H and O–H groups in total. The lowest BCUT2D eigenvalue weighted by Crippen LogP contribution is -2.49. The number of nitrogens with zero attached hydrogens (tertiary/aromatic N) is 3. The van der Waals surface area contributed by atoms with Crippen molar-refractivity contribution in [1.82, 2.24) is 20.5 Å². The summed E-state index contributed by atoms with van der Waals surface area (Å²) in [5.41, 5.74) is 5.95. The van der Waals surface area contributed by atoms with Crippen molar-refractivity contribution >= 4 is 11.0 Å². The van der Waals surface area contributed by atoms with Gasteiger partial charge < -0.3 is 5.32 Å². The molecule has 0 amide bonds. The molecule has 1 fully saturated rings. The minimum absolute atomic E-state index is 0.530. The zero-order valence-corrected chi connectivity index (χ0v) is 14.9. The number of nitrogens with one attached hydrogen (secondary N) is 1. The van der Waals surface area contributed by atoms with E-state index in [2.05, 4.69) is 50.9 Å². The fourth-order valence-electron chi connectivity index (χ4n) is 4.56. The Hall–Kier alpha value is -2.24. The van der Waals surface area contributed by atoms with E-state index in [1.807, 2.05) is 12.1 Å². The van der Waals surface area contributed by atoms with Crippen LogP contribution in [0.15, 0.2) is 47.1 Å². The van der Waals surface area contributed by atoms with Gasteiger partial charge in [0.1, 0.15) is 11.0 Å². The SMILES string of the molecule is c1ccc2c(c1)CC(N1CCC[C@@H](NCc3cccc4nonc34)C1)C2.